The molecule has 2 N–H and O–H groups in total. The first-order valence-electron chi connectivity index (χ1n) is 5.17. The minimum Gasteiger partial charge on any atom is -0.392 e. The van der Waals surface area contributed by atoms with Crippen LogP contribution in [0.2, 0.25) is 0 Å². The van der Waals surface area contributed by atoms with Crippen molar-refractivity contribution >= 4 is 27.2 Å². The van der Waals surface area contributed by atoms with Gasteiger partial charge in [-0.05, 0) is 19.3 Å². The number of thiocarbonyl (C=S) groups is 1. The number of hydrogen-bond acceptors (Lipinski definition) is 3. The molecule has 0 aromatic carbocycles. The lowest BCUT2D eigenvalue weighted by Gasteiger charge is -2.20. The van der Waals surface area contributed by atoms with Crippen LogP contribution < -0.4 is 5.73 Å². The Hall–Kier alpha value is -0.200. The molecule has 1 fully saturated rings. The average Bonchev–Trinajstić information content (AvgIpc) is 2.65. The molecule has 0 aliphatic carbocycles. The van der Waals surface area contributed by atoms with E-state index in [0.717, 1.165) is 12.8 Å². The Kier molecular flexibility index (Phi) is 4.08. The van der Waals surface area contributed by atoms with E-state index in [4.69, 9.17) is 18.0 Å². The van der Waals surface area contributed by atoms with Crippen LogP contribution in [0.25, 0.3) is 0 Å². The highest BCUT2D eigenvalue weighted by atomic mass is 32.2. The topological polar surface area (TPSA) is 63.4 Å². The van der Waals surface area contributed by atoms with Crippen LogP contribution in [0.3, 0.4) is 0 Å². The van der Waals surface area contributed by atoms with Crippen molar-refractivity contribution < 1.29 is 8.42 Å². The van der Waals surface area contributed by atoms with Gasteiger partial charge in [0.25, 0.3) is 0 Å². The first-order chi connectivity index (χ1) is 6.89. The van der Waals surface area contributed by atoms with Crippen molar-refractivity contribution in [1.29, 1.82) is 0 Å². The molecule has 0 amide bonds. The van der Waals surface area contributed by atoms with Crippen molar-refractivity contribution in [2.75, 3.05) is 13.1 Å². The van der Waals surface area contributed by atoms with E-state index in [1.54, 1.807) is 6.92 Å². The molecule has 2 atom stereocenters. The normalized spacial score (nSPS) is 25.3. The third-order valence-electron chi connectivity index (χ3n) is 3.03. The Morgan fingerprint density at radius 1 is 1.67 bits per heavy atom. The molecule has 0 saturated carbocycles. The van der Waals surface area contributed by atoms with E-state index in [1.165, 1.54) is 4.31 Å². The minimum absolute atomic E-state index is 0.0509. The maximum absolute atomic E-state index is 12.0. The predicted octanol–water partition coefficient (Wildman–Crippen LogP) is 0.723. The van der Waals surface area contributed by atoms with Gasteiger partial charge in [-0.25, -0.2) is 12.7 Å². The van der Waals surface area contributed by atoms with Crippen molar-refractivity contribution in [2.45, 2.75) is 31.9 Å². The van der Waals surface area contributed by atoms with Gasteiger partial charge in [-0.3, -0.25) is 0 Å². The molecular weight excluding hydrogens is 232 g/mol. The van der Waals surface area contributed by atoms with Crippen LogP contribution >= 0.6 is 12.2 Å². The Morgan fingerprint density at radius 3 is 2.67 bits per heavy atom. The highest BCUT2D eigenvalue weighted by molar-refractivity contribution is 7.92. The van der Waals surface area contributed by atoms with Gasteiger partial charge >= 0.3 is 0 Å². The molecule has 0 aromatic rings. The highest BCUT2D eigenvalue weighted by Gasteiger charge is 2.35. The predicted molar refractivity (Wildman–Crippen MR) is 65.1 cm³/mol. The van der Waals surface area contributed by atoms with Crippen molar-refractivity contribution in [1.82, 2.24) is 4.31 Å². The SMILES string of the molecule is CCC1CCN(S(=O)(=O)C(C)C(N)=S)C1. The summed E-state index contributed by atoms with van der Waals surface area (Å²) in [5.41, 5.74) is 5.38. The van der Waals surface area contributed by atoms with Crippen molar-refractivity contribution in [3.05, 3.63) is 0 Å². The molecule has 1 aliphatic rings. The van der Waals surface area contributed by atoms with Crippen LogP contribution in [-0.4, -0.2) is 36.1 Å². The molecule has 15 heavy (non-hydrogen) atoms. The zero-order valence-electron chi connectivity index (χ0n) is 9.14. The van der Waals surface area contributed by atoms with Crippen molar-refractivity contribution in [3.8, 4) is 0 Å². The van der Waals surface area contributed by atoms with Crippen molar-refractivity contribution in [2.24, 2.45) is 11.7 Å². The molecule has 2 unspecified atom stereocenters. The Labute approximate surface area is 96.9 Å². The molecule has 0 spiro atoms. The summed E-state index contributed by atoms with van der Waals surface area (Å²) in [6, 6.07) is 0. The van der Waals surface area contributed by atoms with Crippen LogP contribution in [0.5, 0.6) is 0 Å². The van der Waals surface area contributed by atoms with Gasteiger partial charge in [-0.1, -0.05) is 25.6 Å². The van der Waals surface area contributed by atoms with E-state index >= 15 is 0 Å². The summed E-state index contributed by atoms with van der Waals surface area (Å²) in [5.74, 6) is 0.485. The summed E-state index contributed by atoms with van der Waals surface area (Å²) in [7, 11) is -3.31. The lowest BCUT2D eigenvalue weighted by Crippen LogP contribution is -2.42. The van der Waals surface area contributed by atoms with Gasteiger partial charge in [0, 0.05) is 13.1 Å². The number of rotatable bonds is 4. The fourth-order valence-corrected chi connectivity index (χ4v) is 3.62. The van der Waals surface area contributed by atoms with E-state index in [-0.39, 0.29) is 4.99 Å². The summed E-state index contributed by atoms with van der Waals surface area (Å²) < 4.78 is 25.5. The first kappa shape index (κ1) is 12.9. The Balaban J connectivity index is 2.76. The fourth-order valence-electron chi connectivity index (χ4n) is 1.73. The molecule has 6 heteroatoms. The quantitative estimate of drug-likeness (QED) is 0.747. The summed E-state index contributed by atoms with van der Waals surface area (Å²) in [4.78, 5) is 0.0509. The standard InChI is InChI=1S/C9H18N2O2S2/c1-3-8-4-5-11(6-8)15(12,13)7(2)9(10)14/h7-8H,3-6H2,1-2H3,(H2,10,14). The van der Waals surface area contributed by atoms with Gasteiger partial charge in [0.2, 0.25) is 10.0 Å². The molecule has 4 nitrogen and oxygen atoms in total. The molecule has 0 bridgehead atoms. The third kappa shape index (κ3) is 2.68. The molecule has 0 radical (unpaired) electrons. The average molecular weight is 250 g/mol. The molecule has 0 aromatic heterocycles. The molecule has 88 valence electrons. The zero-order valence-corrected chi connectivity index (χ0v) is 10.8. The van der Waals surface area contributed by atoms with Crippen LogP contribution in [0.4, 0.5) is 0 Å². The molecular formula is C9H18N2O2S2. The number of nitrogens with two attached hydrogens (primary N) is 1. The fraction of sp³-hybridized carbons (Fsp3) is 0.889. The van der Waals surface area contributed by atoms with E-state index < -0.39 is 15.3 Å². The van der Waals surface area contributed by atoms with Gasteiger partial charge in [0.15, 0.2) is 0 Å². The monoisotopic (exact) mass is 250 g/mol. The van der Waals surface area contributed by atoms with Gasteiger partial charge in [0.05, 0.1) is 4.99 Å². The minimum atomic E-state index is -3.31. The summed E-state index contributed by atoms with van der Waals surface area (Å²) >= 11 is 4.73. The maximum atomic E-state index is 12.0. The van der Waals surface area contributed by atoms with Crippen LogP contribution in [0, 0.1) is 5.92 Å². The first-order valence-corrected chi connectivity index (χ1v) is 7.09. The van der Waals surface area contributed by atoms with E-state index in [9.17, 15) is 8.42 Å². The second-order valence-corrected chi connectivity index (χ2v) is 6.74. The van der Waals surface area contributed by atoms with Crippen LogP contribution in [0.15, 0.2) is 0 Å². The van der Waals surface area contributed by atoms with E-state index in [0.29, 0.717) is 19.0 Å². The van der Waals surface area contributed by atoms with Crippen LogP contribution in [-0.2, 0) is 10.0 Å². The highest BCUT2D eigenvalue weighted by Crippen LogP contribution is 2.23. The van der Waals surface area contributed by atoms with Gasteiger partial charge in [-0.15, -0.1) is 0 Å². The van der Waals surface area contributed by atoms with E-state index in [2.05, 4.69) is 6.92 Å². The summed E-state index contributed by atoms with van der Waals surface area (Å²) in [6.07, 6.45) is 1.97. The largest absolute Gasteiger partial charge is 0.392 e. The van der Waals surface area contributed by atoms with Gasteiger partial charge < -0.3 is 5.73 Å². The second-order valence-electron chi connectivity index (χ2n) is 4.01. The van der Waals surface area contributed by atoms with Gasteiger partial charge in [-0.2, -0.15) is 0 Å². The summed E-state index contributed by atoms with van der Waals surface area (Å²) in [5, 5.41) is -0.747. The Morgan fingerprint density at radius 2 is 2.27 bits per heavy atom. The maximum Gasteiger partial charge on any atom is 0.223 e. The second kappa shape index (κ2) is 4.76. The molecule has 1 heterocycles. The summed E-state index contributed by atoms with van der Waals surface area (Å²) in [6.45, 7) is 4.86. The van der Waals surface area contributed by atoms with Gasteiger partial charge in [0.1, 0.15) is 5.25 Å². The molecule has 1 rings (SSSR count). The third-order valence-corrected chi connectivity index (χ3v) is 5.73. The lowest BCUT2D eigenvalue weighted by molar-refractivity contribution is 0.451. The lowest BCUT2D eigenvalue weighted by atomic mass is 10.1. The Bertz CT molecular complexity index is 340. The number of sulfonamides is 1. The molecule has 1 saturated heterocycles. The van der Waals surface area contributed by atoms with E-state index in [1.807, 2.05) is 0 Å². The van der Waals surface area contributed by atoms with Crippen LogP contribution in [0.1, 0.15) is 26.7 Å². The van der Waals surface area contributed by atoms with Crippen molar-refractivity contribution in [3.63, 3.8) is 0 Å². The zero-order chi connectivity index (χ0) is 11.6. The number of nitrogens with zero attached hydrogens (tertiary/aromatic N) is 1. The number of hydrogen-bond donors (Lipinski definition) is 1. The molecule has 1 aliphatic heterocycles. The smallest absolute Gasteiger partial charge is 0.223 e.